The number of ether oxygens (including phenoxy) is 2. The Hall–Kier alpha value is -0.600. The topological polar surface area (TPSA) is 18.5 Å². The molecule has 0 amide bonds. The highest BCUT2D eigenvalue weighted by atomic mass is 35.5. The van der Waals surface area contributed by atoms with Crippen LogP contribution in [-0.2, 0) is 0 Å². The molecule has 1 aliphatic rings. The molecule has 1 aromatic carbocycles. The van der Waals surface area contributed by atoms with Crippen molar-refractivity contribution in [3.63, 3.8) is 0 Å². The average molecular weight is 191 g/mol. The number of rotatable bonds is 0. The van der Waals surface area contributed by atoms with Gasteiger partial charge in [0.2, 0.25) is 0 Å². The SMILES string of the molecule is ClC1(Cl)Oc2ccccc2O1. The lowest BCUT2D eigenvalue weighted by molar-refractivity contribution is 0.0849. The quantitative estimate of drug-likeness (QED) is 0.586. The molecular weight excluding hydrogens is 187 g/mol. The van der Waals surface area contributed by atoms with Gasteiger partial charge in [-0.3, -0.25) is 0 Å². The number of alkyl halides is 2. The monoisotopic (exact) mass is 190 g/mol. The van der Waals surface area contributed by atoms with Crippen LogP contribution in [0.1, 0.15) is 0 Å². The molecule has 1 heterocycles. The van der Waals surface area contributed by atoms with E-state index in [1.807, 2.05) is 12.1 Å². The smallest absolute Gasteiger partial charge is 0.419 e. The van der Waals surface area contributed by atoms with Crippen LogP contribution in [0.25, 0.3) is 0 Å². The standard InChI is InChI=1S/C7H4Cl2O2/c8-7(9)10-5-3-1-2-4-6(5)11-7/h1-4H. The molecule has 0 bridgehead atoms. The zero-order valence-corrected chi connectivity index (χ0v) is 6.89. The average Bonchev–Trinajstić information content (AvgIpc) is 2.21. The molecule has 0 unspecified atom stereocenters. The molecular formula is C7H4Cl2O2. The van der Waals surface area contributed by atoms with Crippen LogP contribution in [0.4, 0.5) is 0 Å². The van der Waals surface area contributed by atoms with Crippen molar-refractivity contribution >= 4 is 23.2 Å². The number of fused-ring (bicyclic) bond motifs is 1. The lowest BCUT2D eigenvalue weighted by atomic mass is 10.3. The Kier molecular flexibility index (Phi) is 1.41. The Morgan fingerprint density at radius 2 is 1.45 bits per heavy atom. The van der Waals surface area contributed by atoms with Gasteiger partial charge >= 0.3 is 4.71 Å². The van der Waals surface area contributed by atoms with E-state index >= 15 is 0 Å². The van der Waals surface area contributed by atoms with Crippen molar-refractivity contribution in [3.05, 3.63) is 24.3 Å². The Bertz CT molecular complexity index is 259. The van der Waals surface area contributed by atoms with Crippen LogP contribution >= 0.6 is 23.2 Å². The maximum atomic E-state index is 5.55. The molecule has 2 rings (SSSR count). The predicted octanol–water partition coefficient (Wildman–Crippen LogP) is 2.55. The minimum absolute atomic E-state index is 0.567. The number of hydrogen-bond acceptors (Lipinski definition) is 2. The molecule has 0 aromatic heterocycles. The van der Waals surface area contributed by atoms with Gasteiger partial charge in [0.25, 0.3) is 0 Å². The van der Waals surface area contributed by atoms with Crippen LogP contribution in [0.3, 0.4) is 0 Å². The van der Waals surface area contributed by atoms with Crippen LogP contribution in [0.2, 0.25) is 0 Å². The summed E-state index contributed by atoms with van der Waals surface area (Å²) in [7, 11) is 0. The summed E-state index contributed by atoms with van der Waals surface area (Å²) in [5, 5.41) is 0. The fraction of sp³-hybridized carbons (Fsp3) is 0.143. The molecule has 0 aliphatic carbocycles. The van der Waals surface area contributed by atoms with E-state index in [1.165, 1.54) is 0 Å². The molecule has 1 aromatic rings. The number of benzene rings is 1. The molecule has 0 saturated heterocycles. The van der Waals surface area contributed by atoms with Gasteiger partial charge in [0.05, 0.1) is 0 Å². The molecule has 0 spiro atoms. The highest BCUT2D eigenvalue weighted by Gasteiger charge is 2.37. The first kappa shape index (κ1) is 7.07. The van der Waals surface area contributed by atoms with Crippen LogP contribution in [0.15, 0.2) is 24.3 Å². The fourth-order valence-corrected chi connectivity index (χ4v) is 1.23. The molecule has 0 fully saturated rings. The molecule has 1 aliphatic heterocycles. The summed E-state index contributed by atoms with van der Waals surface area (Å²) in [6.07, 6.45) is 0. The fourth-order valence-electron chi connectivity index (χ4n) is 0.896. The van der Waals surface area contributed by atoms with Gasteiger partial charge in [-0.1, -0.05) is 12.1 Å². The van der Waals surface area contributed by atoms with Crippen LogP contribution in [-0.4, -0.2) is 4.71 Å². The van der Waals surface area contributed by atoms with Crippen LogP contribution in [0, 0.1) is 0 Å². The van der Waals surface area contributed by atoms with Gasteiger partial charge in [-0.15, -0.1) is 0 Å². The highest BCUT2D eigenvalue weighted by molar-refractivity contribution is 6.46. The first-order valence-electron chi connectivity index (χ1n) is 3.02. The van der Waals surface area contributed by atoms with Gasteiger partial charge in [-0.25, -0.2) is 0 Å². The van der Waals surface area contributed by atoms with Gasteiger partial charge in [0.15, 0.2) is 11.5 Å². The van der Waals surface area contributed by atoms with E-state index in [1.54, 1.807) is 12.1 Å². The second kappa shape index (κ2) is 2.19. The molecule has 4 heteroatoms. The summed E-state index contributed by atoms with van der Waals surface area (Å²) in [5.41, 5.74) is 0. The Morgan fingerprint density at radius 3 is 1.91 bits per heavy atom. The third-order valence-corrected chi connectivity index (χ3v) is 1.62. The highest BCUT2D eigenvalue weighted by Crippen LogP contribution is 2.42. The van der Waals surface area contributed by atoms with Crippen molar-refractivity contribution in [3.8, 4) is 11.5 Å². The summed E-state index contributed by atoms with van der Waals surface area (Å²) in [5.74, 6) is 1.13. The zero-order chi connectivity index (χ0) is 7.90. The van der Waals surface area contributed by atoms with E-state index in [4.69, 9.17) is 32.7 Å². The van der Waals surface area contributed by atoms with Gasteiger partial charge < -0.3 is 9.47 Å². The summed E-state index contributed by atoms with van der Waals surface area (Å²) in [6, 6.07) is 7.11. The van der Waals surface area contributed by atoms with Crippen molar-refractivity contribution in [2.45, 2.75) is 4.71 Å². The number of halogens is 2. The van der Waals surface area contributed by atoms with Crippen molar-refractivity contribution in [1.82, 2.24) is 0 Å². The minimum Gasteiger partial charge on any atom is -0.423 e. The molecule has 11 heavy (non-hydrogen) atoms. The Balaban J connectivity index is 2.41. The molecule has 0 saturated carbocycles. The van der Waals surface area contributed by atoms with Gasteiger partial charge in [-0.05, 0) is 35.3 Å². The zero-order valence-electron chi connectivity index (χ0n) is 5.38. The number of hydrogen-bond donors (Lipinski definition) is 0. The van der Waals surface area contributed by atoms with E-state index in [0.29, 0.717) is 11.5 Å². The summed E-state index contributed by atoms with van der Waals surface area (Å²) >= 11 is 11.1. The van der Waals surface area contributed by atoms with E-state index in [0.717, 1.165) is 0 Å². The lowest BCUT2D eigenvalue weighted by Gasteiger charge is -2.09. The van der Waals surface area contributed by atoms with Crippen molar-refractivity contribution in [2.75, 3.05) is 0 Å². The normalized spacial score (nSPS) is 18.4. The molecule has 0 atom stereocenters. The third kappa shape index (κ3) is 1.24. The second-order valence-corrected chi connectivity index (χ2v) is 3.30. The van der Waals surface area contributed by atoms with E-state index in [2.05, 4.69) is 0 Å². The van der Waals surface area contributed by atoms with Crippen LogP contribution < -0.4 is 9.47 Å². The minimum atomic E-state index is -1.55. The lowest BCUT2D eigenvalue weighted by Crippen LogP contribution is -2.22. The number of para-hydroxylation sites is 2. The summed E-state index contributed by atoms with van der Waals surface area (Å²) in [4.78, 5) is 0. The van der Waals surface area contributed by atoms with Crippen LogP contribution in [0.5, 0.6) is 11.5 Å². The molecule has 0 N–H and O–H groups in total. The van der Waals surface area contributed by atoms with Gasteiger partial charge in [0.1, 0.15) is 0 Å². The van der Waals surface area contributed by atoms with Gasteiger partial charge in [-0.2, -0.15) is 0 Å². The van der Waals surface area contributed by atoms with Crippen molar-refractivity contribution < 1.29 is 9.47 Å². The maximum Gasteiger partial charge on any atom is 0.419 e. The summed E-state index contributed by atoms with van der Waals surface area (Å²) < 4.78 is 8.45. The molecule has 58 valence electrons. The molecule has 0 radical (unpaired) electrons. The first-order valence-corrected chi connectivity index (χ1v) is 3.78. The van der Waals surface area contributed by atoms with Crippen molar-refractivity contribution in [1.29, 1.82) is 0 Å². The summed E-state index contributed by atoms with van der Waals surface area (Å²) in [6.45, 7) is 0. The molecule has 2 nitrogen and oxygen atoms in total. The second-order valence-electron chi connectivity index (χ2n) is 2.11. The Labute approximate surface area is 73.6 Å². The van der Waals surface area contributed by atoms with Crippen molar-refractivity contribution in [2.24, 2.45) is 0 Å². The van der Waals surface area contributed by atoms with E-state index in [9.17, 15) is 0 Å². The predicted molar refractivity (Wildman–Crippen MR) is 42.1 cm³/mol. The van der Waals surface area contributed by atoms with E-state index < -0.39 is 4.71 Å². The van der Waals surface area contributed by atoms with E-state index in [-0.39, 0.29) is 0 Å². The largest absolute Gasteiger partial charge is 0.423 e. The maximum absolute atomic E-state index is 5.55. The Morgan fingerprint density at radius 1 is 1.00 bits per heavy atom. The first-order chi connectivity index (χ1) is 5.17. The third-order valence-electron chi connectivity index (χ3n) is 1.31. The van der Waals surface area contributed by atoms with Gasteiger partial charge in [0, 0.05) is 0 Å².